The van der Waals surface area contributed by atoms with Crippen LogP contribution in [0.3, 0.4) is 0 Å². The van der Waals surface area contributed by atoms with Crippen LogP contribution in [0.1, 0.15) is 39.5 Å². The highest BCUT2D eigenvalue weighted by Gasteiger charge is 2.20. The Morgan fingerprint density at radius 2 is 2.13 bits per heavy atom. The van der Waals surface area contributed by atoms with Crippen molar-refractivity contribution in [3.05, 3.63) is 12.4 Å². The van der Waals surface area contributed by atoms with Gasteiger partial charge in [-0.15, -0.1) is 5.53 Å². The first-order valence-electron chi connectivity index (χ1n) is 6.05. The maximum Gasteiger partial charge on any atom is 0.0602 e. The smallest absolute Gasteiger partial charge is 0.0602 e. The van der Waals surface area contributed by atoms with Crippen LogP contribution in [0.25, 0.3) is 0 Å². The molecule has 1 atom stereocenters. The van der Waals surface area contributed by atoms with Gasteiger partial charge in [0.15, 0.2) is 0 Å². The van der Waals surface area contributed by atoms with E-state index < -0.39 is 0 Å². The number of nitrogens with one attached hydrogen (secondary N) is 3. The van der Waals surface area contributed by atoms with Crippen molar-refractivity contribution in [2.75, 3.05) is 13.1 Å². The maximum absolute atomic E-state index is 3.31. The lowest BCUT2D eigenvalue weighted by atomic mass is 10.2. The van der Waals surface area contributed by atoms with Gasteiger partial charge < -0.3 is 10.7 Å². The number of hydrazine groups is 2. The van der Waals surface area contributed by atoms with Gasteiger partial charge in [0.1, 0.15) is 0 Å². The van der Waals surface area contributed by atoms with Crippen LogP contribution in [0.5, 0.6) is 0 Å². The van der Waals surface area contributed by atoms with Crippen molar-refractivity contribution in [2.24, 2.45) is 0 Å². The van der Waals surface area contributed by atoms with Crippen molar-refractivity contribution in [1.29, 1.82) is 0 Å². The lowest BCUT2D eigenvalue weighted by molar-refractivity contribution is 0.208. The lowest BCUT2D eigenvalue weighted by Gasteiger charge is -2.21. The van der Waals surface area contributed by atoms with Crippen LogP contribution in [0.15, 0.2) is 12.4 Å². The minimum absolute atomic E-state index is 0.617. The van der Waals surface area contributed by atoms with Gasteiger partial charge in [0.2, 0.25) is 0 Å². The summed E-state index contributed by atoms with van der Waals surface area (Å²) < 4.78 is 0. The van der Waals surface area contributed by atoms with E-state index in [-0.39, 0.29) is 0 Å². The highest BCUT2D eigenvalue weighted by Crippen LogP contribution is 2.06. The Morgan fingerprint density at radius 1 is 1.33 bits per heavy atom. The number of hydrogen-bond donors (Lipinski definition) is 3. The van der Waals surface area contributed by atoms with Crippen molar-refractivity contribution < 1.29 is 0 Å². The second kappa shape index (κ2) is 7.54. The Kier molecular flexibility index (Phi) is 6.20. The van der Waals surface area contributed by atoms with Gasteiger partial charge in [-0.3, -0.25) is 5.01 Å². The molecule has 0 spiro atoms. The molecular weight excluding hydrogens is 188 g/mol. The standard InChI is InChI=1S/C6H12N4.C5H12/c1-2-7-5-6(1)10-4-3-8-9-10;1-3-5-4-2/h3-4,6-9H,1-2,5H2;3-5H2,1-2H3. The molecule has 0 amide bonds. The summed E-state index contributed by atoms with van der Waals surface area (Å²) in [5, 5.41) is 5.40. The van der Waals surface area contributed by atoms with Gasteiger partial charge in [0.05, 0.1) is 6.04 Å². The second-order valence-corrected chi connectivity index (χ2v) is 3.98. The quantitative estimate of drug-likeness (QED) is 0.660. The molecule has 2 rings (SSSR count). The number of rotatable bonds is 3. The van der Waals surface area contributed by atoms with Crippen molar-refractivity contribution >= 4 is 0 Å². The normalized spacial score (nSPS) is 23.6. The van der Waals surface area contributed by atoms with Crippen LogP contribution in [0.2, 0.25) is 0 Å². The molecule has 0 radical (unpaired) electrons. The van der Waals surface area contributed by atoms with Crippen LogP contribution in [0.4, 0.5) is 0 Å². The molecule has 2 aliphatic rings. The van der Waals surface area contributed by atoms with Gasteiger partial charge in [-0.25, -0.2) is 0 Å². The van der Waals surface area contributed by atoms with E-state index >= 15 is 0 Å². The predicted molar refractivity (Wildman–Crippen MR) is 63.7 cm³/mol. The van der Waals surface area contributed by atoms with Crippen molar-refractivity contribution in [2.45, 2.75) is 45.6 Å². The SMILES string of the molecule is C1=CN(C2CCNC2)NN1.CCCCC. The van der Waals surface area contributed by atoms with Gasteiger partial charge in [-0.1, -0.05) is 33.1 Å². The molecule has 0 aliphatic carbocycles. The molecule has 3 N–H and O–H groups in total. The summed E-state index contributed by atoms with van der Waals surface area (Å²) in [6.07, 6.45) is 9.22. The first kappa shape index (κ1) is 12.3. The van der Waals surface area contributed by atoms with Gasteiger partial charge in [0, 0.05) is 18.9 Å². The minimum Gasteiger partial charge on any atom is -0.315 e. The van der Waals surface area contributed by atoms with Crippen LogP contribution in [-0.2, 0) is 0 Å². The third-order valence-corrected chi connectivity index (χ3v) is 2.65. The van der Waals surface area contributed by atoms with E-state index in [0.717, 1.165) is 13.1 Å². The Labute approximate surface area is 93.0 Å². The summed E-state index contributed by atoms with van der Waals surface area (Å²) in [6, 6.07) is 0.617. The largest absolute Gasteiger partial charge is 0.315 e. The van der Waals surface area contributed by atoms with Crippen molar-refractivity contribution in [3.8, 4) is 0 Å². The Bertz CT molecular complexity index is 173. The molecule has 1 fully saturated rings. The number of unbranched alkanes of at least 4 members (excludes halogenated alkanes) is 2. The molecule has 1 unspecified atom stereocenters. The van der Waals surface area contributed by atoms with E-state index in [2.05, 4.69) is 35.1 Å². The van der Waals surface area contributed by atoms with E-state index in [1.165, 1.54) is 25.7 Å². The lowest BCUT2D eigenvalue weighted by Crippen LogP contribution is -2.43. The topological polar surface area (TPSA) is 39.3 Å². The van der Waals surface area contributed by atoms with E-state index in [4.69, 9.17) is 0 Å². The van der Waals surface area contributed by atoms with E-state index in [9.17, 15) is 0 Å². The molecule has 2 aliphatic heterocycles. The molecule has 4 nitrogen and oxygen atoms in total. The highest BCUT2D eigenvalue weighted by atomic mass is 15.7. The van der Waals surface area contributed by atoms with E-state index in [1.54, 1.807) is 0 Å². The predicted octanol–water partition coefficient (Wildman–Crippen LogP) is 1.34. The minimum atomic E-state index is 0.617. The summed E-state index contributed by atoms with van der Waals surface area (Å²) >= 11 is 0. The summed E-state index contributed by atoms with van der Waals surface area (Å²) in [7, 11) is 0. The Morgan fingerprint density at radius 3 is 2.53 bits per heavy atom. The fourth-order valence-corrected chi connectivity index (χ4v) is 1.71. The molecule has 0 saturated carbocycles. The molecule has 0 aromatic rings. The van der Waals surface area contributed by atoms with Crippen LogP contribution >= 0.6 is 0 Å². The third kappa shape index (κ3) is 4.53. The van der Waals surface area contributed by atoms with E-state index in [0.29, 0.717) is 6.04 Å². The molecule has 2 heterocycles. The molecule has 88 valence electrons. The molecular formula is C11H24N4. The summed E-state index contributed by atoms with van der Waals surface area (Å²) in [5.74, 6) is 0. The van der Waals surface area contributed by atoms with Crippen molar-refractivity contribution in [1.82, 2.24) is 21.3 Å². The van der Waals surface area contributed by atoms with Gasteiger partial charge in [-0.05, 0) is 13.0 Å². The zero-order valence-electron chi connectivity index (χ0n) is 9.92. The molecule has 0 bridgehead atoms. The zero-order valence-corrected chi connectivity index (χ0v) is 9.92. The average Bonchev–Trinajstić information content (AvgIpc) is 2.93. The third-order valence-electron chi connectivity index (χ3n) is 2.65. The van der Waals surface area contributed by atoms with Crippen LogP contribution in [0, 0.1) is 0 Å². The van der Waals surface area contributed by atoms with Crippen molar-refractivity contribution in [3.63, 3.8) is 0 Å². The molecule has 4 heteroatoms. The molecule has 15 heavy (non-hydrogen) atoms. The van der Waals surface area contributed by atoms with Crippen LogP contribution < -0.4 is 16.3 Å². The number of hydrogen-bond acceptors (Lipinski definition) is 4. The first-order chi connectivity index (χ1) is 7.38. The summed E-state index contributed by atoms with van der Waals surface area (Å²) in [6.45, 7) is 6.64. The van der Waals surface area contributed by atoms with Gasteiger partial charge in [-0.2, -0.15) is 0 Å². The highest BCUT2D eigenvalue weighted by molar-refractivity contribution is 4.90. The molecule has 0 aromatic carbocycles. The van der Waals surface area contributed by atoms with E-state index in [1.807, 2.05) is 12.4 Å². The zero-order chi connectivity index (χ0) is 10.9. The molecule has 0 aromatic heterocycles. The second-order valence-electron chi connectivity index (χ2n) is 3.98. The first-order valence-corrected chi connectivity index (χ1v) is 6.05. The fraction of sp³-hybridized carbons (Fsp3) is 0.818. The molecule has 1 saturated heterocycles. The Balaban J connectivity index is 0.000000195. The average molecular weight is 212 g/mol. The number of nitrogens with zero attached hydrogens (tertiary/aromatic N) is 1. The summed E-state index contributed by atoms with van der Waals surface area (Å²) in [5.41, 5.74) is 5.95. The maximum atomic E-state index is 3.31. The fourth-order valence-electron chi connectivity index (χ4n) is 1.71. The van der Waals surface area contributed by atoms with Gasteiger partial charge in [0.25, 0.3) is 0 Å². The monoisotopic (exact) mass is 212 g/mol. The Hall–Kier alpha value is -0.740. The van der Waals surface area contributed by atoms with Crippen LogP contribution in [-0.4, -0.2) is 24.1 Å². The summed E-state index contributed by atoms with van der Waals surface area (Å²) in [4.78, 5) is 0. The van der Waals surface area contributed by atoms with Gasteiger partial charge >= 0.3 is 0 Å².